The molecule has 0 aliphatic carbocycles. The summed E-state index contributed by atoms with van der Waals surface area (Å²) in [4.78, 5) is 0. The Morgan fingerprint density at radius 2 is 1.64 bits per heavy atom. The lowest BCUT2D eigenvalue weighted by Gasteiger charge is -2.27. The number of rotatable bonds is 10. The summed E-state index contributed by atoms with van der Waals surface area (Å²) in [6, 6.07) is 6.37. The fraction of sp³-hybridized carbons (Fsp3) is 0.700. The van der Waals surface area contributed by atoms with E-state index in [2.05, 4.69) is 45.9 Å². The number of aryl methyl sites for hydroxylation is 2. The third-order valence-electron chi connectivity index (χ3n) is 4.57. The van der Waals surface area contributed by atoms with Crippen molar-refractivity contribution in [3.05, 3.63) is 34.9 Å². The van der Waals surface area contributed by atoms with Crippen LogP contribution in [0.2, 0.25) is 0 Å². The molecule has 2 N–H and O–H groups in total. The maximum atomic E-state index is 10.7. The zero-order valence-electron chi connectivity index (χ0n) is 14.9. The molecule has 0 aromatic heterocycles. The summed E-state index contributed by atoms with van der Waals surface area (Å²) in [5.41, 5.74) is 2.90. The average molecular weight is 306 g/mol. The molecule has 0 amide bonds. The molecule has 0 radical (unpaired) electrons. The van der Waals surface area contributed by atoms with E-state index in [0.717, 1.165) is 62.5 Å². The largest absolute Gasteiger partial charge is 0.390 e. The lowest BCUT2D eigenvalue weighted by Crippen LogP contribution is -2.29. The van der Waals surface area contributed by atoms with Crippen LogP contribution >= 0.6 is 0 Å². The molecule has 0 heterocycles. The van der Waals surface area contributed by atoms with E-state index < -0.39 is 5.60 Å². The highest BCUT2D eigenvalue weighted by Gasteiger charge is 2.24. The van der Waals surface area contributed by atoms with Gasteiger partial charge in [-0.1, -0.05) is 58.2 Å². The van der Waals surface area contributed by atoms with Gasteiger partial charge < -0.3 is 10.2 Å². The molecule has 0 aliphatic rings. The van der Waals surface area contributed by atoms with Crippen molar-refractivity contribution in [3.63, 3.8) is 0 Å². The van der Waals surface area contributed by atoms with Gasteiger partial charge in [0.15, 0.2) is 0 Å². The third-order valence-corrected chi connectivity index (χ3v) is 4.57. The molecule has 0 spiro atoms. The summed E-state index contributed by atoms with van der Waals surface area (Å²) in [6.07, 6.45) is 6.89. The van der Waals surface area contributed by atoms with Gasteiger partial charge in [-0.2, -0.15) is 0 Å². The Morgan fingerprint density at radius 3 is 2.18 bits per heavy atom. The van der Waals surface area contributed by atoms with E-state index in [-0.39, 0.29) is 6.10 Å². The SMILES string of the molecule is CCCC(O)c1cc(CCC(O)(CCC)CCC)ccc1C. The van der Waals surface area contributed by atoms with Crippen molar-refractivity contribution < 1.29 is 10.2 Å². The van der Waals surface area contributed by atoms with Crippen LogP contribution in [0.5, 0.6) is 0 Å². The van der Waals surface area contributed by atoms with E-state index in [0.29, 0.717) is 0 Å². The van der Waals surface area contributed by atoms with E-state index in [1.165, 1.54) is 5.56 Å². The van der Waals surface area contributed by atoms with Gasteiger partial charge in [-0.3, -0.25) is 0 Å². The normalized spacial score (nSPS) is 13.4. The minimum Gasteiger partial charge on any atom is -0.390 e. The van der Waals surface area contributed by atoms with Crippen molar-refractivity contribution in [1.82, 2.24) is 0 Å². The molecule has 2 nitrogen and oxygen atoms in total. The second kappa shape index (κ2) is 9.32. The summed E-state index contributed by atoms with van der Waals surface area (Å²) in [5.74, 6) is 0. The minimum atomic E-state index is -0.531. The molecule has 126 valence electrons. The van der Waals surface area contributed by atoms with E-state index in [1.54, 1.807) is 0 Å². The zero-order chi connectivity index (χ0) is 16.6. The van der Waals surface area contributed by atoms with E-state index in [4.69, 9.17) is 0 Å². The molecular formula is C20H34O2. The van der Waals surface area contributed by atoms with Crippen molar-refractivity contribution in [2.24, 2.45) is 0 Å². The summed E-state index contributed by atoms with van der Waals surface area (Å²) in [6.45, 7) is 8.41. The van der Waals surface area contributed by atoms with Crippen molar-refractivity contribution in [3.8, 4) is 0 Å². The summed E-state index contributed by atoms with van der Waals surface area (Å²) < 4.78 is 0. The first kappa shape index (κ1) is 19.2. The smallest absolute Gasteiger partial charge is 0.0792 e. The number of benzene rings is 1. The van der Waals surface area contributed by atoms with Crippen LogP contribution < -0.4 is 0 Å². The second-order valence-electron chi connectivity index (χ2n) is 6.72. The first-order valence-corrected chi connectivity index (χ1v) is 8.95. The molecule has 1 atom stereocenters. The van der Waals surface area contributed by atoms with Gasteiger partial charge in [0.2, 0.25) is 0 Å². The van der Waals surface area contributed by atoms with Crippen LogP contribution in [0.25, 0.3) is 0 Å². The van der Waals surface area contributed by atoms with Gasteiger partial charge in [-0.05, 0) is 55.7 Å². The number of hydrogen-bond acceptors (Lipinski definition) is 2. The van der Waals surface area contributed by atoms with E-state index >= 15 is 0 Å². The minimum absolute atomic E-state index is 0.366. The Kier molecular flexibility index (Phi) is 8.13. The van der Waals surface area contributed by atoms with Crippen LogP contribution in [0, 0.1) is 6.92 Å². The van der Waals surface area contributed by atoms with Crippen molar-refractivity contribution in [1.29, 1.82) is 0 Å². The van der Waals surface area contributed by atoms with Crippen LogP contribution in [-0.4, -0.2) is 15.8 Å². The third kappa shape index (κ3) is 5.73. The fourth-order valence-electron chi connectivity index (χ4n) is 3.32. The molecule has 0 bridgehead atoms. The lowest BCUT2D eigenvalue weighted by molar-refractivity contribution is 0.0132. The highest BCUT2D eigenvalue weighted by Crippen LogP contribution is 2.28. The monoisotopic (exact) mass is 306 g/mol. The highest BCUT2D eigenvalue weighted by molar-refractivity contribution is 5.33. The lowest BCUT2D eigenvalue weighted by atomic mass is 9.86. The van der Waals surface area contributed by atoms with Crippen LogP contribution in [-0.2, 0) is 6.42 Å². The quantitative estimate of drug-likeness (QED) is 0.632. The summed E-state index contributed by atoms with van der Waals surface area (Å²) in [7, 11) is 0. The predicted molar refractivity (Wildman–Crippen MR) is 94.1 cm³/mol. The maximum absolute atomic E-state index is 10.7. The molecule has 1 aromatic carbocycles. The Hall–Kier alpha value is -0.860. The molecule has 1 aromatic rings. The van der Waals surface area contributed by atoms with Crippen molar-refractivity contribution in [2.75, 3.05) is 0 Å². The topological polar surface area (TPSA) is 40.5 Å². The van der Waals surface area contributed by atoms with E-state index in [9.17, 15) is 10.2 Å². The second-order valence-corrected chi connectivity index (χ2v) is 6.72. The first-order chi connectivity index (χ1) is 10.5. The zero-order valence-corrected chi connectivity index (χ0v) is 14.9. The molecule has 1 rings (SSSR count). The molecular weight excluding hydrogens is 272 g/mol. The van der Waals surface area contributed by atoms with Gasteiger partial charge in [-0.15, -0.1) is 0 Å². The van der Waals surface area contributed by atoms with Gasteiger partial charge in [0.25, 0.3) is 0 Å². The Labute approximate surface area is 136 Å². The molecule has 0 saturated heterocycles. The van der Waals surface area contributed by atoms with Gasteiger partial charge in [0.1, 0.15) is 0 Å². The maximum Gasteiger partial charge on any atom is 0.0792 e. The predicted octanol–water partition coefficient (Wildman–Crippen LogP) is 5.09. The van der Waals surface area contributed by atoms with Crippen LogP contribution in [0.4, 0.5) is 0 Å². The fourth-order valence-corrected chi connectivity index (χ4v) is 3.32. The molecule has 1 unspecified atom stereocenters. The van der Waals surface area contributed by atoms with Crippen LogP contribution in [0.3, 0.4) is 0 Å². The Balaban J connectivity index is 2.79. The molecule has 22 heavy (non-hydrogen) atoms. The standard InChI is InChI=1S/C20H34O2/c1-5-8-19(21)18-15-17(10-9-16(18)4)11-14-20(22,12-6-2)13-7-3/h9-10,15,19,21-22H,5-8,11-14H2,1-4H3. The van der Waals surface area contributed by atoms with Gasteiger partial charge in [0.05, 0.1) is 11.7 Å². The number of hydrogen-bond donors (Lipinski definition) is 2. The van der Waals surface area contributed by atoms with Crippen molar-refractivity contribution in [2.45, 2.75) is 90.8 Å². The van der Waals surface area contributed by atoms with Gasteiger partial charge in [0, 0.05) is 0 Å². The molecule has 2 heteroatoms. The number of aliphatic hydroxyl groups excluding tert-OH is 1. The van der Waals surface area contributed by atoms with Gasteiger partial charge in [-0.25, -0.2) is 0 Å². The highest BCUT2D eigenvalue weighted by atomic mass is 16.3. The summed E-state index contributed by atoms with van der Waals surface area (Å²) >= 11 is 0. The molecule has 0 aliphatic heterocycles. The molecule has 0 saturated carbocycles. The number of aliphatic hydroxyl groups is 2. The first-order valence-electron chi connectivity index (χ1n) is 8.95. The Morgan fingerprint density at radius 1 is 1.00 bits per heavy atom. The van der Waals surface area contributed by atoms with E-state index in [1.807, 2.05) is 0 Å². The van der Waals surface area contributed by atoms with Gasteiger partial charge >= 0.3 is 0 Å². The summed E-state index contributed by atoms with van der Waals surface area (Å²) in [5, 5.41) is 21.0. The average Bonchev–Trinajstić information content (AvgIpc) is 2.47. The van der Waals surface area contributed by atoms with Crippen LogP contribution in [0.15, 0.2) is 18.2 Å². The van der Waals surface area contributed by atoms with Crippen molar-refractivity contribution >= 4 is 0 Å². The Bertz CT molecular complexity index is 433. The van der Waals surface area contributed by atoms with Crippen LogP contribution in [0.1, 0.15) is 88.5 Å². The molecule has 0 fully saturated rings.